The van der Waals surface area contributed by atoms with E-state index in [0.717, 1.165) is 38.5 Å². The van der Waals surface area contributed by atoms with Crippen LogP contribution in [0.25, 0.3) is 5.57 Å². The zero-order valence-electron chi connectivity index (χ0n) is 37.0. The fraction of sp³-hybridized carbons (Fsp3) is 0.433. The lowest BCUT2D eigenvalue weighted by molar-refractivity contribution is 0.232. The monoisotopic (exact) mass is 815 g/mol. The van der Waals surface area contributed by atoms with Crippen LogP contribution in [-0.2, 0) is 5.41 Å². The van der Waals surface area contributed by atoms with Gasteiger partial charge in [0.25, 0.3) is 0 Å². The fourth-order valence-corrected chi connectivity index (χ4v) is 14.6. The Kier molecular flexibility index (Phi) is 10.1. The second-order valence-corrected chi connectivity index (χ2v) is 20.5. The second-order valence-electron chi connectivity index (χ2n) is 20.5. The Morgan fingerprint density at radius 1 is 0.597 bits per heavy atom. The molecule has 10 aliphatic rings. The van der Waals surface area contributed by atoms with Gasteiger partial charge in [-0.2, -0.15) is 0 Å². The zero-order valence-corrected chi connectivity index (χ0v) is 37.0. The van der Waals surface area contributed by atoms with Crippen LogP contribution in [0.1, 0.15) is 151 Å². The molecule has 0 aromatic heterocycles. The molecule has 2 heteroatoms. The first-order valence-corrected chi connectivity index (χ1v) is 25.1. The molecule has 0 aliphatic heterocycles. The summed E-state index contributed by atoms with van der Waals surface area (Å²) < 4.78 is 0. The van der Waals surface area contributed by atoms with Crippen molar-refractivity contribution in [2.45, 2.75) is 152 Å². The highest BCUT2D eigenvalue weighted by Crippen LogP contribution is 2.63. The third-order valence-electron chi connectivity index (χ3n) is 17.4. The molecule has 4 unspecified atom stereocenters. The molecule has 10 aliphatic carbocycles. The third kappa shape index (κ3) is 6.39. The van der Waals surface area contributed by atoms with Crippen molar-refractivity contribution in [3.63, 3.8) is 0 Å². The van der Waals surface area contributed by atoms with Crippen LogP contribution in [0.3, 0.4) is 0 Å². The number of allylic oxidation sites excluding steroid dienone is 16. The molecule has 2 nitrogen and oxygen atoms in total. The van der Waals surface area contributed by atoms with Crippen molar-refractivity contribution < 1.29 is 0 Å². The van der Waals surface area contributed by atoms with E-state index < -0.39 is 0 Å². The lowest BCUT2D eigenvalue weighted by atomic mass is 9.63. The van der Waals surface area contributed by atoms with Crippen LogP contribution in [0.15, 0.2) is 173 Å². The van der Waals surface area contributed by atoms with Crippen LogP contribution in [0, 0.1) is 11.3 Å². The van der Waals surface area contributed by atoms with E-state index in [4.69, 9.17) is 0 Å². The van der Waals surface area contributed by atoms with Gasteiger partial charge in [0.15, 0.2) is 0 Å². The van der Waals surface area contributed by atoms with Gasteiger partial charge in [-0.3, -0.25) is 0 Å². The lowest BCUT2D eigenvalue weighted by Gasteiger charge is -2.43. The summed E-state index contributed by atoms with van der Waals surface area (Å²) in [7, 11) is 0. The van der Waals surface area contributed by atoms with Crippen molar-refractivity contribution >= 4 is 11.3 Å². The van der Waals surface area contributed by atoms with Gasteiger partial charge in [-0.25, -0.2) is 0 Å². The molecule has 0 N–H and O–H groups in total. The minimum Gasteiger partial charge on any atom is -0.338 e. The number of anilines is 1. The number of fused-ring (bicyclic) bond motifs is 9. The van der Waals surface area contributed by atoms with E-state index in [0.29, 0.717) is 29.3 Å². The van der Waals surface area contributed by atoms with Gasteiger partial charge in [0, 0.05) is 39.5 Å². The van der Waals surface area contributed by atoms with Crippen molar-refractivity contribution in [3.05, 3.63) is 190 Å². The van der Waals surface area contributed by atoms with Gasteiger partial charge < -0.3 is 9.80 Å². The predicted molar refractivity (Wildman–Crippen MR) is 259 cm³/mol. The highest BCUT2D eigenvalue weighted by atomic mass is 15.2. The molecule has 2 saturated carbocycles. The van der Waals surface area contributed by atoms with Gasteiger partial charge in [-0.05, 0) is 165 Å². The van der Waals surface area contributed by atoms with Crippen LogP contribution in [0.2, 0.25) is 0 Å². The Balaban J connectivity index is 0.841. The van der Waals surface area contributed by atoms with Gasteiger partial charge >= 0.3 is 0 Å². The summed E-state index contributed by atoms with van der Waals surface area (Å²) in [4.78, 5) is 5.42. The van der Waals surface area contributed by atoms with Crippen molar-refractivity contribution in [3.8, 4) is 0 Å². The van der Waals surface area contributed by atoms with E-state index in [1.54, 1.807) is 27.8 Å². The summed E-state index contributed by atoms with van der Waals surface area (Å²) in [6.45, 7) is 0. The molecule has 0 amide bonds. The SMILES string of the molecule is C1=CCC(N(C2=CC3C(C=C2)c2ccccc2C32CCCCC2)c2ccc(C3=CC=C(N(C4=CCCC=C4)C4C=C5C(=CC4)C4=C(CCCC4)C54CCCCC4)CC3)cc2)C=C1. The first-order valence-electron chi connectivity index (χ1n) is 25.1. The number of rotatable bonds is 7. The topological polar surface area (TPSA) is 6.48 Å². The summed E-state index contributed by atoms with van der Waals surface area (Å²) in [6, 6.07) is 19.8. The second kappa shape index (κ2) is 16.1. The van der Waals surface area contributed by atoms with E-state index >= 15 is 0 Å². The molecule has 12 rings (SSSR count). The molecule has 0 heterocycles. The third-order valence-corrected chi connectivity index (χ3v) is 17.4. The van der Waals surface area contributed by atoms with Crippen LogP contribution < -0.4 is 4.90 Å². The maximum absolute atomic E-state index is 2.79. The highest BCUT2D eigenvalue weighted by molar-refractivity contribution is 5.72. The summed E-state index contributed by atoms with van der Waals surface area (Å²) >= 11 is 0. The Bertz CT molecular complexity index is 2450. The smallest absolute Gasteiger partial charge is 0.0559 e. The van der Waals surface area contributed by atoms with Crippen LogP contribution in [-0.4, -0.2) is 17.0 Å². The predicted octanol–water partition coefficient (Wildman–Crippen LogP) is 15.5. The van der Waals surface area contributed by atoms with E-state index in [1.165, 1.54) is 124 Å². The maximum Gasteiger partial charge on any atom is 0.0559 e. The standard InChI is InChI=1S/C60H66N2/c1-5-17-45(18-6-1)61(49-33-35-53-51-21-9-11-23-55(51)59(57(53)41-49)37-13-3-14-38-59)47-29-25-43(26-30-47)44-27-31-48(32-28-44)62(46-19-7-2-8-20-46)50-34-36-54-52-22-10-12-24-56(52)60(58(54)42-50)39-15-4-16-40-60/h1,5-7,9,11,17,19-21,23,25-27,29-31,33,35-36,41-42,45,50,53,57H,2-4,8,10,12-16,18,22,24,28,32,34,37-40H2. The van der Waals surface area contributed by atoms with Gasteiger partial charge in [-0.1, -0.05) is 147 Å². The zero-order chi connectivity index (χ0) is 41.1. The van der Waals surface area contributed by atoms with Crippen LogP contribution in [0.5, 0.6) is 0 Å². The highest BCUT2D eigenvalue weighted by Gasteiger charge is 2.52. The van der Waals surface area contributed by atoms with Gasteiger partial charge in [-0.15, -0.1) is 0 Å². The Morgan fingerprint density at radius 3 is 2.23 bits per heavy atom. The minimum absolute atomic E-state index is 0.269. The van der Waals surface area contributed by atoms with Gasteiger partial charge in [0.1, 0.15) is 0 Å². The summed E-state index contributed by atoms with van der Waals surface area (Å²) in [6.07, 6.45) is 60.4. The van der Waals surface area contributed by atoms with Crippen LogP contribution >= 0.6 is 0 Å². The lowest BCUT2D eigenvalue weighted by Crippen LogP contribution is -2.38. The first-order chi connectivity index (χ1) is 30.7. The Morgan fingerprint density at radius 2 is 1.44 bits per heavy atom. The molecule has 0 radical (unpaired) electrons. The molecule has 2 fully saturated rings. The van der Waals surface area contributed by atoms with E-state index in [2.05, 4.69) is 143 Å². The molecule has 2 aromatic carbocycles. The van der Waals surface area contributed by atoms with E-state index in [-0.39, 0.29) is 5.41 Å². The molecular weight excluding hydrogens is 749 g/mol. The fourth-order valence-electron chi connectivity index (χ4n) is 14.6. The number of hydrogen-bond donors (Lipinski definition) is 0. The summed E-state index contributed by atoms with van der Waals surface area (Å²) in [5.74, 6) is 1.01. The molecule has 316 valence electrons. The molecule has 0 saturated heterocycles. The number of nitrogens with zero attached hydrogens (tertiary/aromatic N) is 2. The van der Waals surface area contributed by atoms with Crippen LogP contribution in [0.4, 0.5) is 5.69 Å². The van der Waals surface area contributed by atoms with Crippen molar-refractivity contribution in [1.82, 2.24) is 4.90 Å². The molecular formula is C60H66N2. The summed E-state index contributed by atoms with van der Waals surface area (Å²) in [5.41, 5.74) is 19.2. The average molecular weight is 815 g/mol. The molecule has 2 aromatic rings. The molecule has 0 bridgehead atoms. The summed E-state index contributed by atoms with van der Waals surface area (Å²) in [5, 5.41) is 0. The largest absolute Gasteiger partial charge is 0.338 e. The maximum atomic E-state index is 2.79. The Labute approximate surface area is 372 Å². The van der Waals surface area contributed by atoms with Crippen molar-refractivity contribution in [1.29, 1.82) is 0 Å². The van der Waals surface area contributed by atoms with E-state index in [1.807, 2.05) is 5.57 Å². The number of benzene rings is 2. The van der Waals surface area contributed by atoms with Gasteiger partial charge in [0.2, 0.25) is 0 Å². The van der Waals surface area contributed by atoms with Crippen molar-refractivity contribution in [2.24, 2.45) is 11.3 Å². The molecule has 62 heavy (non-hydrogen) atoms. The number of hydrogen-bond acceptors (Lipinski definition) is 2. The molecule has 4 atom stereocenters. The minimum atomic E-state index is 0.269. The molecule has 2 spiro atoms. The van der Waals surface area contributed by atoms with Crippen molar-refractivity contribution in [2.75, 3.05) is 4.90 Å². The normalized spacial score (nSPS) is 28.8. The Hall–Kier alpha value is -4.82. The first kappa shape index (κ1) is 38.8. The quantitative estimate of drug-likeness (QED) is 0.275. The van der Waals surface area contributed by atoms with E-state index in [9.17, 15) is 0 Å². The average Bonchev–Trinajstić information content (AvgIpc) is 3.76. The van der Waals surface area contributed by atoms with Gasteiger partial charge in [0.05, 0.1) is 12.1 Å².